The predicted octanol–water partition coefficient (Wildman–Crippen LogP) is 6.30. The topological polar surface area (TPSA) is 65.7 Å². The smallest absolute Gasteiger partial charge is 0.159 e. The van der Waals surface area contributed by atoms with Gasteiger partial charge in [-0.05, 0) is 72.8 Å². The normalized spacial score (nSPS) is 10.3. The average molecular weight is 398 g/mol. The Kier molecular flexibility index (Phi) is 6.01. The van der Waals surface area contributed by atoms with Crippen LogP contribution in [-0.2, 0) is 0 Å². The summed E-state index contributed by atoms with van der Waals surface area (Å²) in [6.45, 7) is 0.384. The quantitative estimate of drug-likeness (QED) is 0.269. The highest BCUT2D eigenvalue weighted by Crippen LogP contribution is 2.29. The van der Waals surface area contributed by atoms with Gasteiger partial charge in [0.1, 0.15) is 28.7 Å². The van der Waals surface area contributed by atoms with Crippen LogP contribution >= 0.6 is 0 Å². The van der Waals surface area contributed by atoms with Crippen molar-refractivity contribution in [1.29, 1.82) is 0 Å². The van der Waals surface area contributed by atoms with Crippen LogP contribution in [0.3, 0.4) is 0 Å². The van der Waals surface area contributed by atoms with Crippen LogP contribution in [0, 0.1) is 0 Å². The zero-order valence-corrected chi connectivity index (χ0v) is 16.3. The van der Waals surface area contributed by atoms with E-state index in [1.165, 1.54) is 0 Å². The van der Waals surface area contributed by atoms with Crippen molar-refractivity contribution >= 4 is 11.4 Å². The van der Waals surface area contributed by atoms with Gasteiger partial charge in [-0.2, -0.15) is 0 Å². The molecule has 0 aliphatic heterocycles. The molecule has 5 nitrogen and oxygen atoms in total. The van der Waals surface area contributed by atoms with Crippen molar-refractivity contribution in [3.8, 4) is 28.7 Å². The molecular weight excluding hydrogens is 376 g/mol. The fourth-order valence-corrected chi connectivity index (χ4v) is 2.77. The van der Waals surface area contributed by atoms with Crippen LogP contribution in [0.1, 0.15) is 0 Å². The lowest BCUT2D eigenvalue weighted by Crippen LogP contribution is -2.08. The van der Waals surface area contributed by atoms with E-state index in [1.807, 2.05) is 91.0 Å². The number of benzene rings is 4. The molecule has 0 aromatic heterocycles. The molecule has 4 rings (SSSR count). The molecular formula is C25H22N2O3. The Morgan fingerprint density at radius 1 is 0.567 bits per heavy atom. The first-order valence-corrected chi connectivity index (χ1v) is 9.58. The first-order valence-electron chi connectivity index (χ1n) is 9.58. The maximum Gasteiger partial charge on any atom is 0.159 e. The number of nitrogens with one attached hydrogen (secondary N) is 1. The lowest BCUT2D eigenvalue weighted by molar-refractivity contribution is 0.347. The van der Waals surface area contributed by atoms with Gasteiger partial charge in [0.05, 0.1) is 0 Å². The third-order valence-electron chi connectivity index (χ3n) is 4.27. The minimum atomic E-state index is 0.384. The highest BCUT2D eigenvalue weighted by Gasteiger charge is 2.02. The van der Waals surface area contributed by atoms with Gasteiger partial charge >= 0.3 is 0 Å². The molecule has 4 aromatic rings. The maximum absolute atomic E-state index is 5.95. The van der Waals surface area contributed by atoms with Crippen molar-refractivity contribution in [1.82, 2.24) is 0 Å². The summed E-state index contributed by atoms with van der Waals surface area (Å²) in [6, 6.07) is 32.1. The largest absolute Gasteiger partial charge is 0.473 e. The Hall–Kier alpha value is -4.12. The number of para-hydroxylation sites is 1. The van der Waals surface area contributed by atoms with Crippen LogP contribution in [0.2, 0.25) is 0 Å². The molecule has 3 N–H and O–H groups in total. The molecule has 0 radical (unpaired) electrons. The van der Waals surface area contributed by atoms with Crippen LogP contribution < -0.4 is 25.3 Å². The van der Waals surface area contributed by atoms with E-state index in [-0.39, 0.29) is 0 Å². The van der Waals surface area contributed by atoms with Gasteiger partial charge in [0.15, 0.2) is 6.73 Å². The van der Waals surface area contributed by atoms with Crippen LogP contribution in [-0.4, -0.2) is 6.73 Å². The number of nitrogen functional groups attached to an aromatic ring is 1. The standard InChI is InChI=1S/C25H22N2O3/c26-19-9-13-22(14-10-19)29-24-7-4-8-25(17-24)30-23-15-11-20(12-16-23)27-18-28-21-5-2-1-3-6-21/h1-17,27H,18,26H2. The molecule has 0 atom stereocenters. The summed E-state index contributed by atoms with van der Waals surface area (Å²) in [5.41, 5.74) is 7.35. The van der Waals surface area contributed by atoms with E-state index < -0.39 is 0 Å². The first-order chi connectivity index (χ1) is 14.7. The average Bonchev–Trinajstić information content (AvgIpc) is 2.78. The van der Waals surface area contributed by atoms with Gasteiger partial charge in [-0.1, -0.05) is 24.3 Å². The number of rotatable bonds is 8. The number of ether oxygens (including phenoxy) is 3. The van der Waals surface area contributed by atoms with E-state index in [9.17, 15) is 0 Å². The van der Waals surface area contributed by atoms with Crippen molar-refractivity contribution in [3.05, 3.63) is 103 Å². The fourth-order valence-electron chi connectivity index (χ4n) is 2.77. The maximum atomic E-state index is 5.95. The third kappa shape index (κ3) is 5.45. The van der Waals surface area contributed by atoms with E-state index >= 15 is 0 Å². The zero-order valence-electron chi connectivity index (χ0n) is 16.3. The number of anilines is 2. The number of hydrogen-bond acceptors (Lipinski definition) is 5. The highest BCUT2D eigenvalue weighted by molar-refractivity contribution is 5.48. The minimum absolute atomic E-state index is 0.384. The van der Waals surface area contributed by atoms with Crippen molar-refractivity contribution in [2.75, 3.05) is 17.8 Å². The molecule has 5 heteroatoms. The van der Waals surface area contributed by atoms with Gasteiger partial charge in [0.25, 0.3) is 0 Å². The summed E-state index contributed by atoms with van der Waals surface area (Å²) in [6.07, 6.45) is 0. The number of hydrogen-bond donors (Lipinski definition) is 2. The minimum Gasteiger partial charge on any atom is -0.473 e. The van der Waals surface area contributed by atoms with Gasteiger partial charge in [0, 0.05) is 17.4 Å². The van der Waals surface area contributed by atoms with Crippen molar-refractivity contribution < 1.29 is 14.2 Å². The van der Waals surface area contributed by atoms with Crippen LogP contribution in [0.4, 0.5) is 11.4 Å². The van der Waals surface area contributed by atoms with Crippen molar-refractivity contribution in [2.24, 2.45) is 0 Å². The molecule has 0 saturated carbocycles. The Balaban J connectivity index is 1.32. The summed E-state index contributed by atoms with van der Waals surface area (Å²) in [7, 11) is 0. The molecule has 0 spiro atoms. The summed E-state index contributed by atoms with van der Waals surface area (Å²) in [4.78, 5) is 0. The van der Waals surface area contributed by atoms with Crippen LogP contribution in [0.25, 0.3) is 0 Å². The molecule has 0 unspecified atom stereocenters. The molecule has 0 aliphatic rings. The molecule has 0 saturated heterocycles. The summed E-state index contributed by atoms with van der Waals surface area (Å²) >= 11 is 0. The van der Waals surface area contributed by atoms with E-state index in [1.54, 1.807) is 12.1 Å². The summed E-state index contributed by atoms with van der Waals surface area (Å²) in [5, 5.41) is 3.22. The van der Waals surface area contributed by atoms with Crippen molar-refractivity contribution in [2.45, 2.75) is 0 Å². The first kappa shape index (κ1) is 19.2. The summed E-state index contributed by atoms with van der Waals surface area (Å²) in [5.74, 6) is 3.65. The van der Waals surface area contributed by atoms with Gasteiger partial charge in [-0.3, -0.25) is 0 Å². The van der Waals surface area contributed by atoms with E-state index in [2.05, 4.69) is 5.32 Å². The molecule has 0 heterocycles. The lowest BCUT2D eigenvalue weighted by atomic mass is 10.3. The highest BCUT2D eigenvalue weighted by atomic mass is 16.5. The monoisotopic (exact) mass is 398 g/mol. The van der Waals surface area contributed by atoms with Crippen LogP contribution in [0.15, 0.2) is 103 Å². The Labute approximate surface area is 175 Å². The van der Waals surface area contributed by atoms with Gasteiger partial charge in [0.2, 0.25) is 0 Å². The molecule has 4 aromatic carbocycles. The lowest BCUT2D eigenvalue weighted by Gasteiger charge is -2.11. The predicted molar refractivity (Wildman–Crippen MR) is 119 cm³/mol. The molecule has 0 bridgehead atoms. The van der Waals surface area contributed by atoms with E-state index in [4.69, 9.17) is 19.9 Å². The second-order valence-electron chi connectivity index (χ2n) is 6.55. The SMILES string of the molecule is Nc1ccc(Oc2cccc(Oc3ccc(NCOc4ccccc4)cc3)c2)cc1. The van der Waals surface area contributed by atoms with E-state index in [0.29, 0.717) is 23.9 Å². The number of nitrogens with two attached hydrogens (primary N) is 1. The molecule has 150 valence electrons. The van der Waals surface area contributed by atoms with Crippen molar-refractivity contribution in [3.63, 3.8) is 0 Å². The second kappa shape index (κ2) is 9.39. The van der Waals surface area contributed by atoms with Gasteiger partial charge in [-0.25, -0.2) is 0 Å². The van der Waals surface area contributed by atoms with E-state index in [0.717, 1.165) is 22.9 Å². The second-order valence-corrected chi connectivity index (χ2v) is 6.55. The van der Waals surface area contributed by atoms with Gasteiger partial charge in [-0.15, -0.1) is 0 Å². The molecule has 0 amide bonds. The zero-order chi connectivity index (χ0) is 20.6. The fraction of sp³-hybridized carbons (Fsp3) is 0.0400. The summed E-state index contributed by atoms with van der Waals surface area (Å²) < 4.78 is 17.4. The molecule has 30 heavy (non-hydrogen) atoms. The Morgan fingerprint density at radius 3 is 1.77 bits per heavy atom. The Morgan fingerprint density at radius 2 is 1.13 bits per heavy atom. The molecule has 0 fully saturated rings. The Bertz CT molecular complexity index is 1070. The molecule has 0 aliphatic carbocycles. The third-order valence-corrected chi connectivity index (χ3v) is 4.27. The van der Waals surface area contributed by atoms with Gasteiger partial charge < -0.3 is 25.3 Å². The van der Waals surface area contributed by atoms with Crippen LogP contribution in [0.5, 0.6) is 28.7 Å².